The van der Waals surface area contributed by atoms with Gasteiger partial charge >= 0.3 is 0 Å². The van der Waals surface area contributed by atoms with E-state index < -0.39 is 12.1 Å². The Bertz CT molecular complexity index is 1740. The third-order valence-electron chi connectivity index (χ3n) is 7.53. The molecule has 0 radical (unpaired) electrons. The number of aryl methyl sites for hydroxylation is 2. The van der Waals surface area contributed by atoms with E-state index in [0.717, 1.165) is 16.1 Å². The number of fused-ring (bicyclic) bond motifs is 7. The zero-order valence-electron chi connectivity index (χ0n) is 24.5. The van der Waals surface area contributed by atoms with E-state index in [9.17, 15) is 14.4 Å². The van der Waals surface area contributed by atoms with E-state index in [1.54, 1.807) is 48.5 Å². The third-order valence-corrected chi connectivity index (χ3v) is 8.59. The second-order valence-electron chi connectivity index (χ2n) is 10.6. The van der Waals surface area contributed by atoms with Crippen LogP contribution in [0.2, 0.25) is 0 Å². The first-order valence-electron chi connectivity index (χ1n) is 14.1. The van der Waals surface area contributed by atoms with E-state index in [4.69, 9.17) is 14.2 Å². The van der Waals surface area contributed by atoms with Gasteiger partial charge < -0.3 is 29.7 Å². The van der Waals surface area contributed by atoms with E-state index in [-0.39, 0.29) is 44.0 Å². The first kappa shape index (κ1) is 29.1. The molecule has 7 rings (SSSR count). The van der Waals surface area contributed by atoms with Gasteiger partial charge in [-0.15, -0.1) is 11.3 Å². The standard InChI is InChI=1S/C32H31N5O6S/c1-18-30(44-19(2)35-18)32(40)37-15-26-28(16-37)43-25-8-7-21(27(11-25)41-3)14-34-29(38)17-42-24-6-4-5-20(10-24)22-9-23(13-33-12-22)31(39)36-26/h4-13,26,28H,14-17H2,1-3H3,(H,34,38)(H,36,39)/t26-,28-/m0/s1. The number of ether oxygens (including phenoxy) is 3. The third kappa shape index (κ3) is 6.20. The highest BCUT2D eigenvalue weighted by Gasteiger charge is 2.39. The average Bonchev–Trinajstić information content (AvgIpc) is 3.59. The molecule has 0 saturated carbocycles. The molecule has 2 aromatic heterocycles. The molecule has 3 aliphatic heterocycles. The van der Waals surface area contributed by atoms with Crippen molar-refractivity contribution in [1.82, 2.24) is 25.5 Å². The molecule has 0 aliphatic carbocycles. The number of hydrogen-bond acceptors (Lipinski definition) is 9. The van der Waals surface area contributed by atoms with Crippen molar-refractivity contribution in [2.24, 2.45) is 0 Å². The van der Waals surface area contributed by atoms with Crippen molar-refractivity contribution in [2.45, 2.75) is 32.5 Å². The molecule has 5 heterocycles. The minimum atomic E-state index is -0.553. The lowest BCUT2D eigenvalue weighted by Gasteiger charge is -2.22. The van der Waals surface area contributed by atoms with Crippen molar-refractivity contribution < 1.29 is 28.6 Å². The Morgan fingerprint density at radius 3 is 2.66 bits per heavy atom. The van der Waals surface area contributed by atoms with E-state index >= 15 is 0 Å². The van der Waals surface area contributed by atoms with Crippen molar-refractivity contribution in [1.29, 1.82) is 0 Å². The molecule has 4 aromatic rings. The van der Waals surface area contributed by atoms with Gasteiger partial charge in [-0.2, -0.15) is 0 Å². The Labute approximate surface area is 258 Å². The van der Waals surface area contributed by atoms with Gasteiger partial charge in [-0.3, -0.25) is 19.4 Å². The molecule has 226 valence electrons. The van der Waals surface area contributed by atoms with Crippen LogP contribution in [0.15, 0.2) is 60.9 Å². The van der Waals surface area contributed by atoms with E-state index in [1.807, 2.05) is 32.0 Å². The maximum Gasteiger partial charge on any atom is 0.266 e. The van der Waals surface area contributed by atoms with Gasteiger partial charge in [-0.05, 0) is 49.7 Å². The fourth-order valence-corrected chi connectivity index (χ4v) is 6.21. The Morgan fingerprint density at radius 1 is 1.02 bits per heavy atom. The van der Waals surface area contributed by atoms with E-state index in [0.29, 0.717) is 38.9 Å². The molecule has 6 bridgehead atoms. The molecule has 12 heteroatoms. The maximum atomic E-state index is 13.6. The Kier molecular flexibility index (Phi) is 8.16. The summed E-state index contributed by atoms with van der Waals surface area (Å²) < 4.78 is 17.7. The van der Waals surface area contributed by atoms with Crippen LogP contribution in [-0.4, -0.2) is 71.5 Å². The van der Waals surface area contributed by atoms with Crippen LogP contribution in [-0.2, 0) is 11.3 Å². The second kappa shape index (κ2) is 12.3. The monoisotopic (exact) mass is 613 g/mol. The number of nitrogens with one attached hydrogen (secondary N) is 2. The summed E-state index contributed by atoms with van der Waals surface area (Å²) in [5.74, 6) is 0.737. The van der Waals surface area contributed by atoms with Gasteiger partial charge in [0.15, 0.2) is 6.61 Å². The number of methoxy groups -OCH3 is 1. The number of amides is 3. The molecule has 1 fully saturated rings. The summed E-state index contributed by atoms with van der Waals surface area (Å²) in [5.41, 5.74) is 3.26. The number of hydrogen-bond donors (Lipinski definition) is 2. The predicted octanol–water partition coefficient (Wildman–Crippen LogP) is 3.54. The number of carbonyl (C=O) groups is 3. The molecule has 2 aromatic carbocycles. The highest BCUT2D eigenvalue weighted by Crippen LogP contribution is 2.29. The fraction of sp³-hybridized carbons (Fsp3) is 0.281. The van der Waals surface area contributed by atoms with E-state index in [2.05, 4.69) is 20.6 Å². The largest absolute Gasteiger partial charge is 0.496 e. The van der Waals surface area contributed by atoms with Crippen molar-refractivity contribution in [3.05, 3.63) is 87.6 Å². The number of likely N-dealkylation sites (tertiary alicyclic amines) is 1. The summed E-state index contributed by atoms with van der Waals surface area (Å²) in [4.78, 5) is 50.7. The van der Waals surface area contributed by atoms with Crippen molar-refractivity contribution in [2.75, 3.05) is 26.8 Å². The lowest BCUT2D eigenvalue weighted by atomic mass is 10.1. The van der Waals surface area contributed by atoms with Gasteiger partial charge in [-0.25, -0.2) is 4.98 Å². The summed E-state index contributed by atoms with van der Waals surface area (Å²) in [6.07, 6.45) is 2.60. The number of benzene rings is 2. The van der Waals surface area contributed by atoms with Crippen LogP contribution in [0.3, 0.4) is 0 Å². The first-order valence-corrected chi connectivity index (χ1v) is 14.9. The molecule has 0 spiro atoms. The molecular weight excluding hydrogens is 582 g/mol. The molecule has 0 unspecified atom stereocenters. The molecule has 44 heavy (non-hydrogen) atoms. The van der Waals surface area contributed by atoms with Crippen LogP contribution in [0.1, 0.15) is 36.3 Å². The zero-order valence-corrected chi connectivity index (χ0v) is 25.3. The van der Waals surface area contributed by atoms with Crippen LogP contribution >= 0.6 is 11.3 Å². The van der Waals surface area contributed by atoms with Crippen LogP contribution in [0.5, 0.6) is 17.2 Å². The minimum absolute atomic E-state index is 0.154. The fourth-order valence-electron chi connectivity index (χ4n) is 5.32. The summed E-state index contributed by atoms with van der Waals surface area (Å²) in [6.45, 7) is 4.24. The molecule has 3 aliphatic rings. The zero-order chi connectivity index (χ0) is 30.8. The second-order valence-corrected chi connectivity index (χ2v) is 11.8. The van der Waals surface area contributed by atoms with Crippen molar-refractivity contribution >= 4 is 29.1 Å². The van der Waals surface area contributed by atoms with Crippen LogP contribution in [0, 0.1) is 13.8 Å². The highest BCUT2D eigenvalue weighted by atomic mass is 32.1. The topological polar surface area (TPSA) is 132 Å². The van der Waals surface area contributed by atoms with Gasteiger partial charge in [0.25, 0.3) is 17.7 Å². The number of pyridine rings is 1. The van der Waals surface area contributed by atoms with Crippen LogP contribution in [0.4, 0.5) is 0 Å². The highest BCUT2D eigenvalue weighted by molar-refractivity contribution is 7.13. The normalized spacial score (nSPS) is 18.4. The van der Waals surface area contributed by atoms with Gasteiger partial charge in [0.05, 0.1) is 36.0 Å². The van der Waals surface area contributed by atoms with E-state index in [1.165, 1.54) is 17.5 Å². The quantitative estimate of drug-likeness (QED) is 0.351. The first-order chi connectivity index (χ1) is 21.3. The van der Waals surface area contributed by atoms with Crippen LogP contribution < -0.4 is 24.8 Å². The number of aromatic nitrogens is 2. The smallest absolute Gasteiger partial charge is 0.266 e. The number of carbonyl (C=O) groups excluding carboxylic acids is 3. The summed E-state index contributed by atoms with van der Waals surface area (Å²) in [5, 5.41) is 6.76. The van der Waals surface area contributed by atoms with Gasteiger partial charge in [0.2, 0.25) is 0 Å². The van der Waals surface area contributed by atoms with Crippen LogP contribution in [0.25, 0.3) is 11.1 Å². The maximum absolute atomic E-state index is 13.6. The summed E-state index contributed by atoms with van der Waals surface area (Å²) in [7, 11) is 1.54. The molecule has 2 atom stereocenters. The molecule has 3 amide bonds. The minimum Gasteiger partial charge on any atom is -0.496 e. The Hall–Kier alpha value is -4.97. The molecule has 2 N–H and O–H groups in total. The molecule has 1 saturated heterocycles. The van der Waals surface area contributed by atoms with Crippen molar-refractivity contribution in [3.63, 3.8) is 0 Å². The summed E-state index contributed by atoms with van der Waals surface area (Å²) in [6, 6.07) is 13.8. The predicted molar refractivity (Wildman–Crippen MR) is 163 cm³/mol. The van der Waals surface area contributed by atoms with Crippen molar-refractivity contribution in [3.8, 4) is 28.4 Å². The molecular formula is C32H31N5O6S. The number of nitrogens with zero attached hydrogens (tertiary/aromatic N) is 3. The van der Waals surface area contributed by atoms with Gasteiger partial charge in [0, 0.05) is 42.7 Å². The number of thiazole rings is 1. The SMILES string of the molecule is COc1cc2ccc1CNC(=O)COc1cccc(c1)-c1cncc(c1)C(=O)N[C@H]1CN(C(=O)c3sc(C)nc3C)C[C@@H]1O2. The van der Waals surface area contributed by atoms with Gasteiger partial charge in [0.1, 0.15) is 28.2 Å². The van der Waals surface area contributed by atoms with Gasteiger partial charge in [-0.1, -0.05) is 12.1 Å². The lowest BCUT2D eigenvalue weighted by molar-refractivity contribution is -0.123. The Balaban J connectivity index is 1.35. The average molecular weight is 614 g/mol. The Morgan fingerprint density at radius 2 is 1.86 bits per heavy atom. The lowest BCUT2D eigenvalue weighted by Crippen LogP contribution is -2.45. The molecule has 11 nitrogen and oxygen atoms in total. The summed E-state index contributed by atoms with van der Waals surface area (Å²) >= 11 is 1.35. The number of rotatable bonds is 2.